The van der Waals surface area contributed by atoms with Gasteiger partial charge in [-0.25, -0.2) is 4.98 Å². The van der Waals surface area contributed by atoms with Crippen molar-refractivity contribution >= 4 is 5.69 Å². The summed E-state index contributed by atoms with van der Waals surface area (Å²) in [5, 5.41) is 13.9. The van der Waals surface area contributed by atoms with E-state index < -0.39 is 16.4 Å². The van der Waals surface area contributed by atoms with Crippen LogP contribution in [0.5, 0.6) is 0 Å². The van der Waals surface area contributed by atoms with Crippen LogP contribution in [0.25, 0.3) is 0 Å². The first-order valence-electron chi connectivity index (χ1n) is 6.63. The fraction of sp³-hybridized carbons (Fsp3) is 0.357. The van der Waals surface area contributed by atoms with Crippen molar-refractivity contribution in [3.05, 3.63) is 57.9 Å². The zero-order valence-electron chi connectivity index (χ0n) is 11.9. The van der Waals surface area contributed by atoms with Crippen LogP contribution in [0.4, 0.5) is 10.1 Å². The van der Waals surface area contributed by atoms with Gasteiger partial charge in [-0.15, -0.1) is 0 Å². The van der Waals surface area contributed by atoms with Crippen molar-refractivity contribution in [2.45, 2.75) is 33.0 Å². The topological polar surface area (TPSA) is 73.0 Å². The molecule has 112 valence electrons. The standard InChI is InChI=1S/C14H17FN4O2/c1-10(2)17-8-14-16-5-6-18(14)9-11-3-4-13(19(20)21)12(15)7-11/h3-7,10,17H,8-9H2,1-2H3. The molecule has 1 aromatic heterocycles. The summed E-state index contributed by atoms with van der Waals surface area (Å²) in [6, 6.07) is 4.28. The largest absolute Gasteiger partial charge is 0.329 e. The lowest BCUT2D eigenvalue weighted by molar-refractivity contribution is -0.387. The van der Waals surface area contributed by atoms with E-state index in [4.69, 9.17) is 0 Å². The predicted molar refractivity (Wildman–Crippen MR) is 76.4 cm³/mol. The lowest BCUT2D eigenvalue weighted by atomic mass is 10.2. The van der Waals surface area contributed by atoms with Gasteiger partial charge in [-0.05, 0) is 11.6 Å². The van der Waals surface area contributed by atoms with Gasteiger partial charge in [-0.3, -0.25) is 10.1 Å². The number of nitrogens with one attached hydrogen (secondary N) is 1. The Balaban J connectivity index is 2.13. The van der Waals surface area contributed by atoms with Crippen LogP contribution in [-0.4, -0.2) is 20.5 Å². The van der Waals surface area contributed by atoms with Gasteiger partial charge < -0.3 is 9.88 Å². The number of rotatable bonds is 6. The molecule has 1 heterocycles. The fourth-order valence-corrected chi connectivity index (χ4v) is 1.94. The number of aromatic nitrogens is 2. The highest BCUT2D eigenvalue weighted by molar-refractivity contribution is 5.35. The Kier molecular flexibility index (Phi) is 4.64. The van der Waals surface area contributed by atoms with Gasteiger partial charge in [0.15, 0.2) is 0 Å². The fourth-order valence-electron chi connectivity index (χ4n) is 1.94. The minimum Gasteiger partial charge on any atom is -0.329 e. The number of hydrogen-bond acceptors (Lipinski definition) is 4. The van der Waals surface area contributed by atoms with Crippen LogP contribution >= 0.6 is 0 Å². The Bertz CT molecular complexity index is 640. The van der Waals surface area contributed by atoms with Crippen LogP contribution < -0.4 is 5.32 Å². The van der Waals surface area contributed by atoms with Crippen LogP contribution in [0, 0.1) is 15.9 Å². The summed E-state index contributed by atoms with van der Waals surface area (Å²) in [6.45, 7) is 5.11. The second-order valence-corrected chi connectivity index (χ2v) is 5.05. The molecule has 0 bridgehead atoms. The van der Waals surface area contributed by atoms with Gasteiger partial charge in [0.2, 0.25) is 5.82 Å². The minimum absolute atomic E-state index is 0.340. The average Bonchev–Trinajstić information content (AvgIpc) is 2.83. The van der Waals surface area contributed by atoms with Gasteiger partial charge in [0.05, 0.1) is 11.5 Å². The smallest absolute Gasteiger partial charge is 0.304 e. The van der Waals surface area contributed by atoms with Crippen LogP contribution in [0.3, 0.4) is 0 Å². The van der Waals surface area contributed by atoms with Crippen molar-refractivity contribution in [2.75, 3.05) is 0 Å². The Hall–Kier alpha value is -2.28. The summed E-state index contributed by atoms with van der Waals surface area (Å²) in [4.78, 5) is 14.1. The van der Waals surface area contributed by atoms with E-state index in [2.05, 4.69) is 10.3 Å². The second kappa shape index (κ2) is 6.45. The molecule has 0 amide bonds. The monoisotopic (exact) mass is 292 g/mol. The molecule has 0 aliphatic carbocycles. The second-order valence-electron chi connectivity index (χ2n) is 5.05. The SMILES string of the molecule is CC(C)NCc1nccn1Cc1ccc([N+](=O)[O-])c(F)c1. The molecule has 1 aromatic carbocycles. The third-order valence-electron chi connectivity index (χ3n) is 3.03. The molecule has 0 fully saturated rings. The third-order valence-corrected chi connectivity index (χ3v) is 3.03. The number of hydrogen-bond donors (Lipinski definition) is 1. The molecule has 0 spiro atoms. The highest BCUT2D eigenvalue weighted by atomic mass is 19.1. The summed E-state index contributed by atoms with van der Waals surface area (Å²) in [6.07, 6.45) is 3.48. The van der Waals surface area contributed by atoms with Crippen molar-refractivity contribution in [3.8, 4) is 0 Å². The normalized spacial score (nSPS) is 11.0. The molecule has 2 aromatic rings. The lowest BCUT2D eigenvalue weighted by Crippen LogP contribution is -2.24. The Morgan fingerprint density at radius 3 is 2.86 bits per heavy atom. The van der Waals surface area contributed by atoms with Crippen LogP contribution in [0.15, 0.2) is 30.6 Å². The summed E-state index contributed by atoms with van der Waals surface area (Å²) in [5.74, 6) is 0.0157. The summed E-state index contributed by atoms with van der Waals surface area (Å²) < 4.78 is 15.5. The number of nitro benzene ring substituents is 1. The molecule has 1 N–H and O–H groups in total. The molecule has 0 unspecified atom stereocenters. The van der Waals surface area contributed by atoms with E-state index in [-0.39, 0.29) is 0 Å². The molecule has 0 aliphatic rings. The molecule has 0 radical (unpaired) electrons. The first kappa shape index (κ1) is 15.1. The molecule has 2 rings (SSSR count). The van der Waals surface area contributed by atoms with E-state index in [1.54, 1.807) is 18.5 Å². The van der Waals surface area contributed by atoms with Crippen molar-refractivity contribution < 1.29 is 9.31 Å². The first-order chi connectivity index (χ1) is 9.97. The summed E-state index contributed by atoms with van der Waals surface area (Å²) in [5.41, 5.74) is 0.146. The quantitative estimate of drug-likeness (QED) is 0.655. The number of nitro groups is 1. The van der Waals surface area contributed by atoms with Crippen LogP contribution in [0.1, 0.15) is 25.2 Å². The van der Waals surface area contributed by atoms with Crippen molar-refractivity contribution in [2.24, 2.45) is 0 Å². The maximum atomic E-state index is 13.6. The van der Waals surface area contributed by atoms with Gasteiger partial charge >= 0.3 is 5.69 Å². The minimum atomic E-state index is -0.820. The lowest BCUT2D eigenvalue weighted by Gasteiger charge is -2.11. The summed E-state index contributed by atoms with van der Waals surface area (Å²) in [7, 11) is 0. The van der Waals surface area contributed by atoms with E-state index in [1.807, 2.05) is 18.4 Å². The van der Waals surface area contributed by atoms with Crippen LogP contribution in [-0.2, 0) is 13.1 Å². The van der Waals surface area contributed by atoms with Crippen molar-refractivity contribution in [1.29, 1.82) is 0 Å². The molecule has 7 heteroatoms. The predicted octanol–water partition coefficient (Wildman–Crippen LogP) is 2.48. The highest BCUT2D eigenvalue weighted by Gasteiger charge is 2.14. The van der Waals surface area contributed by atoms with E-state index in [0.717, 1.165) is 5.82 Å². The molecular weight excluding hydrogens is 275 g/mol. The van der Waals surface area contributed by atoms with E-state index in [0.29, 0.717) is 24.7 Å². The Morgan fingerprint density at radius 2 is 2.24 bits per heavy atom. The van der Waals surface area contributed by atoms with E-state index >= 15 is 0 Å². The average molecular weight is 292 g/mol. The van der Waals surface area contributed by atoms with Crippen molar-refractivity contribution in [1.82, 2.24) is 14.9 Å². The van der Waals surface area contributed by atoms with Gasteiger partial charge in [-0.1, -0.05) is 19.9 Å². The van der Waals surface area contributed by atoms with Gasteiger partial charge in [0.1, 0.15) is 5.82 Å². The molecule has 0 atom stereocenters. The van der Waals surface area contributed by atoms with Gasteiger partial charge in [0.25, 0.3) is 0 Å². The number of nitrogens with zero attached hydrogens (tertiary/aromatic N) is 3. The Labute approximate surface area is 121 Å². The number of imidazole rings is 1. The van der Waals surface area contributed by atoms with E-state index in [1.165, 1.54) is 12.1 Å². The molecule has 6 nitrogen and oxygen atoms in total. The number of benzene rings is 1. The maximum absolute atomic E-state index is 13.6. The first-order valence-corrected chi connectivity index (χ1v) is 6.63. The Morgan fingerprint density at radius 1 is 1.48 bits per heavy atom. The third kappa shape index (κ3) is 3.85. The number of halogens is 1. The van der Waals surface area contributed by atoms with Crippen molar-refractivity contribution in [3.63, 3.8) is 0 Å². The zero-order valence-corrected chi connectivity index (χ0v) is 11.9. The van der Waals surface area contributed by atoms with Crippen LogP contribution in [0.2, 0.25) is 0 Å². The molecular formula is C14H17FN4O2. The molecule has 0 saturated carbocycles. The molecule has 0 saturated heterocycles. The molecule has 21 heavy (non-hydrogen) atoms. The highest BCUT2D eigenvalue weighted by Crippen LogP contribution is 2.18. The zero-order chi connectivity index (χ0) is 15.4. The van der Waals surface area contributed by atoms with E-state index in [9.17, 15) is 14.5 Å². The van der Waals surface area contributed by atoms with Gasteiger partial charge in [0, 0.05) is 31.0 Å². The maximum Gasteiger partial charge on any atom is 0.304 e. The van der Waals surface area contributed by atoms with Gasteiger partial charge in [-0.2, -0.15) is 4.39 Å². The summed E-state index contributed by atoms with van der Waals surface area (Å²) >= 11 is 0. The molecule has 0 aliphatic heterocycles.